The summed E-state index contributed by atoms with van der Waals surface area (Å²) >= 11 is 0. The van der Waals surface area contributed by atoms with Crippen molar-refractivity contribution in [2.24, 2.45) is 5.73 Å². The van der Waals surface area contributed by atoms with E-state index in [9.17, 15) is 26.7 Å². The van der Waals surface area contributed by atoms with Crippen LogP contribution in [0.5, 0.6) is 0 Å². The second-order valence-electron chi connectivity index (χ2n) is 4.62. The molecule has 1 aliphatic rings. The Balaban J connectivity index is 2.35. The van der Waals surface area contributed by atoms with E-state index in [1.54, 1.807) is 0 Å². The van der Waals surface area contributed by atoms with Gasteiger partial charge in [0.1, 0.15) is 5.56 Å². The maximum Gasteiger partial charge on any atom is 0.257 e. The van der Waals surface area contributed by atoms with Crippen LogP contribution in [0.4, 0.5) is 22.0 Å². The van der Waals surface area contributed by atoms with Gasteiger partial charge in [-0.1, -0.05) is 0 Å². The molecule has 1 saturated carbocycles. The molecule has 0 aromatic heterocycles. The first-order valence-corrected chi connectivity index (χ1v) is 5.92. The lowest BCUT2D eigenvalue weighted by Gasteiger charge is -2.18. The van der Waals surface area contributed by atoms with Gasteiger partial charge in [-0.15, -0.1) is 0 Å². The molecule has 3 nitrogen and oxygen atoms in total. The molecule has 0 saturated heterocycles. The van der Waals surface area contributed by atoms with E-state index in [0.29, 0.717) is 19.3 Å². The van der Waals surface area contributed by atoms with Crippen LogP contribution in [-0.4, -0.2) is 18.0 Å². The van der Waals surface area contributed by atoms with Crippen LogP contribution in [0.1, 0.15) is 29.6 Å². The van der Waals surface area contributed by atoms with Gasteiger partial charge in [-0.3, -0.25) is 4.79 Å². The van der Waals surface area contributed by atoms with Crippen molar-refractivity contribution in [3.63, 3.8) is 0 Å². The third kappa shape index (κ3) is 2.35. The highest BCUT2D eigenvalue weighted by atomic mass is 19.2. The van der Waals surface area contributed by atoms with Crippen LogP contribution in [0.3, 0.4) is 0 Å². The maximum atomic E-state index is 13.4. The summed E-state index contributed by atoms with van der Waals surface area (Å²) in [6, 6.07) is -0.947. The second-order valence-corrected chi connectivity index (χ2v) is 4.62. The molecule has 8 heteroatoms. The lowest BCUT2D eigenvalue weighted by atomic mass is 10.1. The number of benzene rings is 1. The average Bonchev–Trinajstić information content (AvgIpc) is 2.80. The van der Waals surface area contributed by atoms with Gasteiger partial charge in [0.05, 0.1) is 0 Å². The zero-order chi connectivity index (χ0) is 15.0. The van der Waals surface area contributed by atoms with Gasteiger partial charge >= 0.3 is 0 Å². The SMILES string of the molecule is NC1CCCC1NC(=O)c1c(F)c(F)c(F)c(F)c1F. The Hall–Kier alpha value is -1.70. The van der Waals surface area contributed by atoms with Crippen LogP contribution in [0.25, 0.3) is 0 Å². The monoisotopic (exact) mass is 294 g/mol. The van der Waals surface area contributed by atoms with Crippen molar-refractivity contribution >= 4 is 5.91 Å². The van der Waals surface area contributed by atoms with E-state index in [0.717, 1.165) is 0 Å². The Bertz CT molecular complexity index is 534. The van der Waals surface area contributed by atoms with Gasteiger partial charge in [0.2, 0.25) is 5.82 Å². The molecule has 3 N–H and O–H groups in total. The fourth-order valence-corrected chi connectivity index (χ4v) is 2.21. The lowest BCUT2D eigenvalue weighted by Crippen LogP contribution is -2.44. The number of nitrogens with one attached hydrogen (secondary N) is 1. The minimum absolute atomic E-state index is 0.403. The molecule has 0 spiro atoms. The van der Waals surface area contributed by atoms with Gasteiger partial charge in [-0.25, -0.2) is 22.0 Å². The van der Waals surface area contributed by atoms with Crippen molar-refractivity contribution in [3.8, 4) is 0 Å². The van der Waals surface area contributed by atoms with E-state index in [-0.39, 0.29) is 0 Å². The zero-order valence-electron chi connectivity index (χ0n) is 10.2. The van der Waals surface area contributed by atoms with E-state index in [2.05, 4.69) is 5.32 Å². The fraction of sp³-hybridized carbons (Fsp3) is 0.417. The zero-order valence-corrected chi connectivity index (χ0v) is 10.2. The first kappa shape index (κ1) is 14.7. The second kappa shape index (κ2) is 5.35. The van der Waals surface area contributed by atoms with Crippen LogP contribution < -0.4 is 11.1 Å². The topological polar surface area (TPSA) is 55.1 Å². The van der Waals surface area contributed by atoms with Gasteiger partial charge in [-0.2, -0.15) is 0 Å². The minimum Gasteiger partial charge on any atom is -0.348 e. The molecule has 20 heavy (non-hydrogen) atoms. The quantitative estimate of drug-likeness (QED) is 0.498. The smallest absolute Gasteiger partial charge is 0.257 e. The summed E-state index contributed by atoms with van der Waals surface area (Å²) in [5.41, 5.74) is 4.17. The summed E-state index contributed by atoms with van der Waals surface area (Å²) < 4.78 is 65.6. The number of nitrogens with two attached hydrogens (primary N) is 1. The molecule has 110 valence electrons. The van der Waals surface area contributed by atoms with Crippen LogP contribution in [0, 0.1) is 29.1 Å². The summed E-state index contributed by atoms with van der Waals surface area (Å²) in [5.74, 6) is -12.3. The van der Waals surface area contributed by atoms with Crippen LogP contribution in [0.2, 0.25) is 0 Å². The maximum absolute atomic E-state index is 13.4. The molecule has 1 aliphatic carbocycles. The molecule has 1 amide bonds. The Morgan fingerprint density at radius 3 is 1.90 bits per heavy atom. The predicted molar refractivity (Wildman–Crippen MR) is 59.3 cm³/mol. The molecule has 1 fully saturated rings. The number of carbonyl (C=O) groups excluding carboxylic acids is 1. The van der Waals surface area contributed by atoms with Crippen molar-refractivity contribution in [2.75, 3.05) is 0 Å². The van der Waals surface area contributed by atoms with Crippen molar-refractivity contribution in [2.45, 2.75) is 31.3 Å². The standard InChI is InChI=1S/C12H11F5N2O/c13-7-6(8(14)10(16)11(17)9(7)15)12(20)19-5-3-1-2-4(5)18/h4-5H,1-3,18H2,(H,19,20). The van der Waals surface area contributed by atoms with E-state index in [1.165, 1.54) is 0 Å². The molecule has 2 unspecified atom stereocenters. The Labute approximate surface area is 110 Å². The van der Waals surface area contributed by atoms with E-state index >= 15 is 0 Å². The van der Waals surface area contributed by atoms with Gasteiger partial charge in [-0.05, 0) is 19.3 Å². The molecule has 1 aromatic carbocycles. The molecule has 2 atom stereocenters. The summed E-state index contributed by atoms with van der Waals surface area (Å²) in [7, 11) is 0. The fourth-order valence-electron chi connectivity index (χ4n) is 2.21. The van der Waals surface area contributed by atoms with Crippen molar-refractivity contribution < 1.29 is 26.7 Å². The minimum atomic E-state index is -2.30. The van der Waals surface area contributed by atoms with Gasteiger partial charge in [0.15, 0.2) is 23.3 Å². The van der Waals surface area contributed by atoms with Gasteiger partial charge in [0.25, 0.3) is 5.91 Å². The van der Waals surface area contributed by atoms with E-state index in [4.69, 9.17) is 5.73 Å². The molecule has 0 radical (unpaired) electrons. The average molecular weight is 294 g/mol. The summed E-state index contributed by atoms with van der Waals surface area (Å²) in [5, 5.41) is 2.20. The summed E-state index contributed by atoms with van der Waals surface area (Å²) in [4.78, 5) is 11.7. The third-order valence-electron chi connectivity index (χ3n) is 3.32. The van der Waals surface area contributed by atoms with Crippen molar-refractivity contribution in [1.82, 2.24) is 5.32 Å². The normalized spacial score (nSPS) is 22.1. The number of carbonyl (C=O) groups is 1. The Morgan fingerprint density at radius 1 is 0.950 bits per heavy atom. The van der Waals surface area contributed by atoms with E-state index in [1.807, 2.05) is 0 Å². The largest absolute Gasteiger partial charge is 0.348 e. The molecule has 1 aromatic rings. The van der Waals surface area contributed by atoms with Crippen molar-refractivity contribution in [3.05, 3.63) is 34.6 Å². The number of hydrogen-bond acceptors (Lipinski definition) is 2. The molecule has 0 heterocycles. The molecule has 0 bridgehead atoms. The molecule has 0 aliphatic heterocycles. The van der Waals surface area contributed by atoms with Crippen LogP contribution >= 0.6 is 0 Å². The number of halogens is 5. The van der Waals surface area contributed by atoms with Crippen LogP contribution in [0.15, 0.2) is 0 Å². The number of hydrogen-bond donors (Lipinski definition) is 2. The molecular formula is C12H11F5N2O. The third-order valence-corrected chi connectivity index (χ3v) is 3.32. The highest BCUT2D eigenvalue weighted by Crippen LogP contribution is 2.24. The summed E-state index contributed by atoms with van der Waals surface area (Å²) in [6.45, 7) is 0. The predicted octanol–water partition coefficient (Wildman–Crippen LogP) is 1.99. The number of amides is 1. The number of rotatable bonds is 2. The molecular weight excluding hydrogens is 283 g/mol. The first-order valence-electron chi connectivity index (χ1n) is 5.92. The highest BCUT2D eigenvalue weighted by Gasteiger charge is 2.32. The van der Waals surface area contributed by atoms with Gasteiger partial charge < -0.3 is 11.1 Å². The lowest BCUT2D eigenvalue weighted by molar-refractivity contribution is 0.0922. The van der Waals surface area contributed by atoms with Gasteiger partial charge in [0, 0.05) is 12.1 Å². The molecule has 2 rings (SSSR count). The Morgan fingerprint density at radius 2 is 1.45 bits per heavy atom. The first-order chi connectivity index (χ1) is 9.34. The Kier molecular flexibility index (Phi) is 3.94. The van der Waals surface area contributed by atoms with Crippen LogP contribution in [-0.2, 0) is 0 Å². The highest BCUT2D eigenvalue weighted by molar-refractivity contribution is 5.95. The summed E-state index contributed by atoms with van der Waals surface area (Å²) in [6.07, 6.45) is 1.81. The van der Waals surface area contributed by atoms with Crippen molar-refractivity contribution in [1.29, 1.82) is 0 Å². The van der Waals surface area contributed by atoms with E-state index < -0.39 is 52.6 Å².